The van der Waals surface area contributed by atoms with E-state index in [2.05, 4.69) is 29.1 Å². The Bertz CT molecular complexity index is 425. The molecule has 0 saturated carbocycles. The largest absolute Gasteiger partial charge is 0.301 e. The quantitative estimate of drug-likeness (QED) is 0.831. The van der Waals surface area contributed by atoms with Crippen LogP contribution in [0.5, 0.6) is 0 Å². The van der Waals surface area contributed by atoms with Crippen molar-refractivity contribution in [3.05, 3.63) is 27.2 Å². The highest BCUT2D eigenvalue weighted by atomic mass is 16.1. The number of aromatic amines is 1. The van der Waals surface area contributed by atoms with E-state index in [1.165, 1.54) is 12.0 Å². The van der Waals surface area contributed by atoms with Gasteiger partial charge in [0, 0.05) is 12.1 Å². The summed E-state index contributed by atoms with van der Waals surface area (Å²) < 4.78 is 0. The topological polar surface area (TPSA) is 49.0 Å². The van der Waals surface area contributed by atoms with Crippen molar-refractivity contribution in [2.24, 2.45) is 0 Å². The Kier molecular flexibility index (Phi) is 3.39. The number of H-pyrrole nitrogens is 1. The van der Waals surface area contributed by atoms with Crippen LogP contribution in [0.3, 0.4) is 0 Å². The molecule has 0 radical (unpaired) electrons. The van der Waals surface area contributed by atoms with E-state index >= 15 is 0 Å². The summed E-state index contributed by atoms with van der Waals surface area (Å²) in [5.74, 6) is 0. The summed E-state index contributed by atoms with van der Waals surface area (Å²) in [5.41, 5.74) is 3.24. The second-order valence-electron chi connectivity index (χ2n) is 4.49. The Morgan fingerprint density at radius 1 is 1.31 bits per heavy atom. The van der Waals surface area contributed by atoms with Crippen LogP contribution in [0.1, 0.15) is 36.6 Å². The highest BCUT2D eigenvalue weighted by Gasteiger charge is 2.18. The zero-order valence-corrected chi connectivity index (χ0v) is 10.0. The van der Waals surface area contributed by atoms with Gasteiger partial charge in [0.15, 0.2) is 0 Å². The van der Waals surface area contributed by atoms with Crippen molar-refractivity contribution in [2.75, 3.05) is 13.6 Å². The normalized spacial score (nSPS) is 15.2. The molecule has 0 spiro atoms. The summed E-state index contributed by atoms with van der Waals surface area (Å²) in [7, 11) is 2.07. The first-order chi connectivity index (χ1) is 7.72. The van der Waals surface area contributed by atoms with Crippen molar-refractivity contribution in [3.63, 3.8) is 0 Å². The van der Waals surface area contributed by atoms with Gasteiger partial charge in [-0.25, -0.2) is 5.10 Å². The first kappa shape index (κ1) is 11.3. The second-order valence-corrected chi connectivity index (χ2v) is 4.49. The molecule has 88 valence electrons. The summed E-state index contributed by atoms with van der Waals surface area (Å²) in [6.07, 6.45) is 4.24. The number of nitrogens with one attached hydrogen (secondary N) is 1. The van der Waals surface area contributed by atoms with Gasteiger partial charge in [0.1, 0.15) is 0 Å². The van der Waals surface area contributed by atoms with Crippen molar-refractivity contribution in [1.82, 2.24) is 15.1 Å². The zero-order chi connectivity index (χ0) is 11.5. The van der Waals surface area contributed by atoms with E-state index in [0.717, 1.165) is 43.6 Å². The molecule has 16 heavy (non-hydrogen) atoms. The van der Waals surface area contributed by atoms with Crippen molar-refractivity contribution >= 4 is 0 Å². The molecule has 4 heteroatoms. The maximum absolute atomic E-state index is 11.6. The zero-order valence-electron chi connectivity index (χ0n) is 10.0. The molecular weight excluding hydrogens is 202 g/mol. The van der Waals surface area contributed by atoms with E-state index in [1.54, 1.807) is 0 Å². The van der Waals surface area contributed by atoms with Gasteiger partial charge in [-0.1, -0.05) is 6.92 Å². The lowest BCUT2D eigenvalue weighted by Gasteiger charge is -2.20. The Morgan fingerprint density at radius 2 is 2.00 bits per heavy atom. The number of hydrogen-bond donors (Lipinski definition) is 1. The molecule has 0 unspecified atom stereocenters. The van der Waals surface area contributed by atoms with Crippen molar-refractivity contribution < 1.29 is 0 Å². The molecule has 1 aliphatic carbocycles. The molecule has 1 aliphatic rings. The fraction of sp³-hybridized carbons (Fsp3) is 0.667. The number of nitrogens with zero attached hydrogens (tertiary/aromatic N) is 2. The Balaban J connectivity index is 2.35. The minimum atomic E-state index is 0.0117. The predicted molar refractivity (Wildman–Crippen MR) is 63.5 cm³/mol. The van der Waals surface area contributed by atoms with Crippen molar-refractivity contribution in [3.8, 4) is 0 Å². The highest BCUT2D eigenvalue weighted by molar-refractivity contribution is 5.30. The molecule has 0 fully saturated rings. The lowest BCUT2D eigenvalue weighted by atomic mass is 9.92. The summed E-state index contributed by atoms with van der Waals surface area (Å²) in [5, 5.41) is 6.83. The third kappa shape index (κ3) is 2.16. The van der Waals surface area contributed by atoms with Gasteiger partial charge >= 0.3 is 0 Å². The van der Waals surface area contributed by atoms with E-state index in [-0.39, 0.29) is 5.56 Å². The van der Waals surface area contributed by atoms with Gasteiger partial charge in [0.2, 0.25) is 0 Å². The average Bonchev–Trinajstić information content (AvgIpc) is 2.33. The Labute approximate surface area is 95.7 Å². The molecule has 1 aromatic rings. The van der Waals surface area contributed by atoms with Crippen LogP contribution in [0.2, 0.25) is 0 Å². The third-order valence-corrected chi connectivity index (χ3v) is 3.34. The van der Waals surface area contributed by atoms with E-state index in [1.807, 2.05) is 0 Å². The SMILES string of the molecule is CCN(C)Cc1n[nH]c(=O)c2c1CCCC2. The van der Waals surface area contributed by atoms with E-state index in [9.17, 15) is 4.79 Å². The van der Waals surface area contributed by atoms with Crippen molar-refractivity contribution in [2.45, 2.75) is 39.2 Å². The Hall–Kier alpha value is -1.16. The molecule has 0 amide bonds. The van der Waals surface area contributed by atoms with E-state index < -0.39 is 0 Å². The van der Waals surface area contributed by atoms with Crippen LogP contribution in [0.25, 0.3) is 0 Å². The maximum Gasteiger partial charge on any atom is 0.267 e. The fourth-order valence-electron chi connectivity index (χ4n) is 2.23. The smallest absolute Gasteiger partial charge is 0.267 e. The summed E-state index contributed by atoms with van der Waals surface area (Å²) in [6, 6.07) is 0. The second kappa shape index (κ2) is 4.78. The fourth-order valence-corrected chi connectivity index (χ4v) is 2.23. The van der Waals surface area contributed by atoms with E-state index in [0.29, 0.717) is 0 Å². The third-order valence-electron chi connectivity index (χ3n) is 3.34. The van der Waals surface area contributed by atoms with Gasteiger partial charge < -0.3 is 4.90 Å². The van der Waals surface area contributed by atoms with Gasteiger partial charge in [-0.05, 0) is 44.8 Å². The van der Waals surface area contributed by atoms with Gasteiger partial charge in [0.25, 0.3) is 5.56 Å². The molecule has 0 bridgehead atoms. The van der Waals surface area contributed by atoms with Crippen LogP contribution in [-0.2, 0) is 19.4 Å². The maximum atomic E-state index is 11.6. The van der Waals surface area contributed by atoms with Crippen molar-refractivity contribution in [1.29, 1.82) is 0 Å². The summed E-state index contributed by atoms with van der Waals surface area (Å²) in [4.78, 5) is 13.8. The van der Waals surface area contributed by atoms with Gasteiger partial charge in [-0.2, -0.15) is 5.10 Å². The van der Waals surface area contributed by atoms with Gasteiger partial charge in [0.05, 0.1) is 5.69 Å². The molecule has 1 heterocycles. The van der Waals surface area contributed by atoms with Gasteiger partial charge in [-0.3, -0.25) is 4.79 Å². The molecule has 0 atom stereocenters. The monoisotopic (exact) mass is 221 g/mol. The average molecular weight is 221 g/mol. The van der Waals surface area contributed by atoms with E-state index in [4.69, 9.17) is 0 Å². The standard InChI is InChI=1S/C12H19N3O/c1-3-15(2)8-11-9-6-4-5-7-10(9)12(16)14-13-11/h3-8H2,1-2H3,(H,14,16). The number of hydrogen-bond acceptors (Lipinski definition) is 3. The minimum absolute atomic E-state index is 0.0117. The minimum Gasteiger partial charge on any atom is -0.301 e. The summed E-state index contributed by atoms with van der Waals surface area (Å²) >= 11 is 0. The van der Waals surface area contributed by atoms with Crippen LogP contribution in [0.15, 0.2) is 4.79 Å². The number of aromatic nitrogens is 2. The molecule has 0 saturated heterocycles. The first-order valence-electron chi connectivity index (χ1n) is 6.00. The lowest BCUT2D eigenvalue weighted by Crippen LogP contribution is -2.26. The Morgan fingerprint density at radius 3 is 2.69 bits per heavy atom. The molecular formula is C12H19N3O. The number of rotatable bonds is 3. The lowest BCUT2D eigenvalue weighted by molar-refractivity contribution is 0.337. The van der Waals surface area contributed by atoms with Crippen LogP contribution in [0.4, 0.5) is 0 Å². The molecule has 0 aromatic carbocycles. The molecule has 2 rings (SSSR count). The van der Waals surface area contributed by atoms with Crippen LogP contribution < -0.4 is 5.56 Å². The molecule has 0 aliphatic heterocycles. The molecule has 4 nitrogen and oxygen atoms in total. The van der Waals surface area contributed by atoms with Gasteiger partial charge in [-0.15, -0.1) is 0 Å². The number of fused-ring (bicyclic) bond motifs is 1. The van der Waals surface area contributed by atoms with Crippen LogP contribution in [-0.4, -0.2) is 28.7 Å². The molecule has 1 aromatic heterocycles. The van der Waals surface area contributed by atoms with Crippen LogP contribution >= 0.6 is 0 Å². The predicted octanol–water partition coefficient (Wildman–Crippen LogP) is 1.10. The first-order valence-corrected chi connectivity index (χ1v) is 6.00. The highest BCUT2D eigenvalue weighted by Crippen LogP contribution is 2.20. The molecule has 1 N–H and O–H groups in total. The van der Waals surface area contributed by atoms with Crippen LogP contribution in [0, 0.1) is 0 Å². The summed E-state index contributed by atoms with van der Waals surface area (Å²) in [6.45, 7) is 3.95.